The molecular formula is C26H38O4Si. The number of methoxy groups -OCH3 is 1. The SMILES string of the molecule is CO[C@@H](CO[Si](c1ccccc1)(c1ccccc1)C(C)(C)C)[C@@H](O)[C@H](C)/C=C(/C)CO. The molecule has 170 valence electrons. The second-order valence-corrected chi connectivity index (χ2v) is 13.6. The van der Waals surface area contributed by atoms with Crippen LogP contribution in [0.1, 0.15) is 34.6 Å². The van der Waals surface area contributed by atoms with Crippen molar-refractivity contribution in [2.24, 2.45) is 5.92 Å². The summed E-state index contributed by atoms with van der Waals surface area (Å²) in [4.78, 5) is 0. The largest absolute Gasteiger partial charge is 0.405 e. The molecule has 4 nitrogen and oxygen atoms in total. The van der Waals surface area contributed by atoms with E-state index in [1.165, 1.54) is 10.4 Å². The second-order valence-electron chi connectivity index (χ2n) is 9.27. The van der Waals surface area contributed by atoms with Crippen LogP contribution >= 0.6 is 0 Å². The summed E-state index contributed by atoms with van der Waals surface area (Å²) in [6, 6.07) is 20.9. The maximum atomic E-state index is 10.9. The minimum Gasteiger partial charge on any atom is -0.405 e. The average Bonchev–Trinajstić information content (AvgIpc) is 2.76. The Bertz CT molecular complexity index is 775. The van der Waals surface area contributed by atoms with Gasteiger partial charge in [0.2, 0.25) is 0 Å². The van der Waals surface area contributed by atoms with Crippen molar-refractivity contribution >= 4 is 18.7 Å². The average molecular weight is 443 g/mol. The van der Waals surface area contributed by atoms with E-state index in [0.717, 1.165) is 5.57 Å². The number of hydrogen-bond acceptors (Lipinski definition) is 4. The monoisotopic (exact) mass is 442 g/mol. The minimum atomic E-state index is -2.69. The van der Waals surface area contributed by atoms with Gasteiger partial charge in [-0.15, -0.1) is 0 Å². The number of aliphatic hydroxyl groups is 2. The first-order valence-corrected chi connectivity index (χ1v) is 12.8. The fourth-order valence-corrected chi connectivity index (χ4v) is 8.78. The smallest absolute Gasteiger partial charge is 0.261 e. The molecular weight excluding hydrogens is 404 g/mol. The lowest BCUT2D eigenvalue weighted by atomic mass is 9.98. The summed E-state index contributed by atoms with van der Waals surface area (Å²) in [6.45, 7) is 10.7. The Morgan fingerprint density at radius 1 is 1.00 bits per heavy atom. The predicted molar refractivity (Wildman–Crippen MR) is 130 cm³/mol. The van der Waals surface area contributed by atoms with Gasteiger partial charge in [-0.2, -0.15) is 0 Å². The van der Waals surface area contributed by atoms with E-state index < -0.39 is 20.5 Å². The van der Waals surface area contributed by atoms with E-state index in [1.807, 2.05) is 32.1 Å². The summed E-state index contributed by atoms with van der Waals surface area (Å²) in [7, 11) is -1.09. The van der Waals surface area contributed by atoms with Gasteiger partial charge >= 0.3 is 0 Å². The summed E-state index contributed by atoms with van der Waals surface area (Å²) in [5, 5.41) is 22.5. The van der Waals surface area contributed by atoms with Gasteiger partial charge in [0.1, 0.15) is 6.10 Å². The molecule has 31 heavy (non-hydrogen) atoms. The summed E-state index contributed by atoms with van der Waals surface area (Å²) in [5.41, 5.74) is 0.828. The van der Waals surface area contributed by atoms with E-state index in [-0.39, 0.29) is 24.2 Å². The van der Waals surface area contributed by atoms with Gasteiger partial charge in [0.15, 0.2) is 0 Å². The Kier molecular flexibility index (Phi) is 9.22. The van der Waals surface area contributed by atoms with E-state index in [9.17, 15) is 10.2 Å². The number of benzene rings is 2. The molecule has 0 aromatic heterocycles. The maximum absolute atomic E-state index is 10.9. The molecule has 0 saturated carbocycles. The van der Waals surface area contributed by atoms with Crippen molar-refractivity contribution in [3.63, 3.8) is 0 Å². The molecule has 0 saturated heterocycles. The molecule has 0 aliphatic carbocycles. The first-order chi connectivity index (χ1) is 14.7. The maximum Gasteiger partial charge on any atom is 0.261 e. The van der Waals surface area contributed by atoms with E-state index in [0.29, 0.717) is 0 Å². The Balaban J connectivity index is 2.44. The van der Waals surface area contributed by atoms with Gasteiger partial charge in [-0.05, 0) is 22.3 Å². The molecule has 2 rings (SSSR count). The van der Waals surface area contributed by atoms with Crippen LogP contribution in [0.3, 0.4) is 0 Å². The van der Waals surface area contributed by atoms with Crippen LogP contribution in [0.2, 0.25) is 5.04 Å². The molecule has 2 aromatic carbocycles. The van der Waals surface area contributed by atoms with Crippen molar-refractivity contribution in [2.45, 2.75) is 51.9 Å². The van der Waals surface area contributed by atoms with Gasteiger partial charge < -0.3 is 19.4 Å². The molecule has 0 fully saturated rings. The van der Waals surface area contributed by atoms with Crippen LogP contribution in [0.25, 0.3) is 0 Å². The van der Waals surface area contributed by atoms with E-state index in [4.69, 9.17) is 9.16 Å². The number of aliphatic hydroxyl groups excluding tert-OH is 2. The Labute approximate surface area is 188 Å². The zero-order chi connectivity index (χ0) is 23.1. The predicted octanol–water partition coefficient (Wildman–Crippen LogP) is 3.51. The fraction of sp³-hybridized carbons (Fsp3) is 0.462. The van der Waals surface area contributed by atoms with Gasteiger partial charge in [-0.3, -0.25) is 0 Å². The van der Waals surface area contributed by atoms with Crippen LogP contribution < -0.4 is 10.4 Å². The first-order valence-electron chi connectivity index (χ1n) is 10.9. The quantitative estimate of drug-likeness (QED) is 0.437. The van der Waals surface area contributed by atoms with Crippen molar-refractivity contribution in [1.29, 1.82) is 0 Å². The minimum absolute atomic E-state index is 0.0206. The van der Waals surface area contributed by atoms with E-state index in [1.54, 1.807) is 7.11 Å². The zero-order valence-electron chi connectivity index (χ0n) is 19.7. The zero-order valence-corrected chi connectivity index (χ0v) is 20.7. The molecule has 0 amide bonds. The molecule has 0 bridgehead atoms. The molecule has 2 N–H and O–H groups in total. The lowest BCUT2D eigenvalue weighted by molar-refractivity contribution is -0.0514. The Morgan fingerprint density at radius 2 is 1.48 bits per heavy atom. The van der Waals surface area contributed by atoms with Crippen LogP contribution in [0.4, 0.5) is 0 Å². The van der Waals surface area contributed by atoms with Crippen molar-refractivity contribution in [2.75, 3.05) is 20.3 Å². The van der Waals surface area contributed by atoms with Gasteiger partial charge in [-0.1, -0.05) is 100 Å². The van der Waals surface area contributed by atoms with E-state index in [2.05, 4.69) is 69.3 Å². The molecule has 3 atom stereocenters. The third kappa shape index (κ3) is 5.93. The third-order valence-corrected chi connectivity index (χ3v) is 10.9. The molecule has 0 unspecified atom stereocenters. The number of hydrogen-bond donors (Lipinski definition) is 2. The molecule has 5 heteroatoms. The lowest BCUT2D eigenvalue weighted by Crippen LogP contribution is -2.67. The summed E-state index contributed by atoms with van der Waals surface area (Å²) in [6.07, 6.45) is 0.656. The lowest BCUT2D eigenvalue weighted by Gasteiger charge is -2.44. The van der Waals surface area contributed by atoms with Crippen LogP contribution in [0.15, 0.2) is 72.3 Å². The molecule has 0 heterocycles. The topological polar surface area (TPSA) is 58.9 Å². The van der Waals surface area contributed by atoms with Gasteiger partial charge in [-0.25, -0.2) is 0 Å². The highest BCUT2D eigenvalue weighted by Crippen LogP contribution is 2.37. The van der Waals surface area contributed by atoms with Crippen molar-refractivity contribution in [1.82, 2.24) is 0 Å². The second kappa shape index (κ2) is 11.2. The van der Waals surface area contributed by atoms with E-state index >= 15 is 0 Å². The van der Waals surface area contributed by atoms with Gasteiger partial charge in [0.25, 0.3) is 8.32 Å². The molecule has 2 aromatic rings. The van der Waals surface area contributed by atoms with Crippen LogP contribution in [-0.2, 0) is 9.16 Å². The summed E-state index contributed by atoms with van der Waals surface area (Å²) in [5.74, 6) is -0.167. The van der Waals surface area contributed by atoms with Crippen molar-refractivity contribution in [3.8, 4) is 0 Å². The first kappa shape index (κ1) is 25.5. The highest BCUT2D eigenvalue weighted by molar-refractivity contribution is 6.99. The van der Waals surface area contributed by atoms with Gasteiger partial charge in [0.05, 0.1) is 19.3 Å². The summed E-state index contributed by atoms with van der Waals surface area (Å²) >= 11 is 0. The highest BCUT2D eigenvalue weighted by atomic mass is 28.4. The van der Waals surface area contributed by atoms with Crippen LogP contribution in [-0.4, -0.2) is 51.1 Å². The molecule has 0 aliphatic heterocycles. The molecule has 0 aliphatic rings. The molecule has 0 radical (unpaired) electrons. The third-order valence-electron chi connectivity index (χ3n) is 5.90. The molecule has 0 spiro atoms. The normalized spacial score (nSPS) is 16.1. The Hall–Kier alpha value is -1.76. The number of rotatable bonds is 10. The Morgan fingerprint density at radius 3 is 1.87 bits per heavy atom. The highest BCUT2D eigenvalue weighted by Gasteiger charge is 2.50. The van der Waals surface area contributed by atoms with Crippen molar-refractivity contribution in [3.05, 3.63) is 72.3 Å². The summed E-state index contributed by atoms with van der Waals surface area (Å²) < 4.78 is 12.6. The van der Waals surface area contributed by atoms with Crippen LogP contribution in [0.5, 0.6) is 0 Å². The standard InChI is InChI=1S/C26H38O4Si/c1-20(18-27)17-21(2)25(28)24(29-6)19-30-31(26(3,4)5,22-13-9-7-10-14-22)23-15-11-8-12-16-23/h7-17,21,24-25,27-28H,18-19H2,1-6H3/b20-17-/t21-,24+,25+/m1/s1. The van der Waals surface area contributed by atoms with Gasteiger partial charge in [0, 0.05) is 13.0 Å². The van der Waals surface area contributed by atoms with Crippen molar-refractivity contribution < 1.29 is 19.4 Å². The fourth-order valence-electron chi connectivity index (χ4n) is 4.21. The number of ether oxygens (including phenoxy) is 1. The van der Waals surface area contributed by atoms with Crippen LogP contribution in [0, 0.1) is 5.92 Å².